The van der Waals surface area contributed by atoms with Crippen LogP contribution in [0, 0.1) is 20.8 Å². The van der Waals surface area contributed by atoms with Crippen molar-refractivity contribution in [2.75, 3.05) is 0 Å². The summed E-state index contributed by atoms with van der Waals surface area (Å²) in [7, 11) is 0. The van der Waals surface area contributed by atoms with Gasteiger partial charge in [-0.05, 0) is 26.3 Å². The molecule has 0 saturated carbocycles. The lowest BCUT2D eigenvalue weighted by Gasteiger charge is -2.03. The van der Waals surface area contributed by atoms with Crippen molar-refractivity contribution >= 4 is 16.3 Å². The highest BCUT2D eigenvalue weighted by Crippen LogP contribution is 2.23. The van der Waals surface area contributed by atoms with Gasteiger partial charge >= 0.3 is 0 Å². The molecule has 3 rings (SSSR count). The van der Waals surface area contributed by atoms with E-state index in [4.69, 9.17) is 0 Å². The molecule has 0 spiro atoms. The van der Waals surface area contributed by atoms with Gasteiger partial charge in [0, 0.05) is 17.3 Å². The smallest absolute Gasteiger partial charge is 0.196 e. The maximum Gasteiger partial charge on any atom is 0.196 e. The van der Waals surface area contributed by atoms with E-state index in [2.05, 4.69) is 10.1 Å². The molecule has 0 aliphatic heterocycles. The Morgan fingerprint density at radius 3 is 2.72 bits per heavy atom. The summed E-state index contributed by atoms with van der Waals surface area (Å²) in [5.74, 6) is 0.720. The number of aromatic nitrogens is 4. The van der Waals surface area contributed by atoms with Crippen LogP contribution in [0.25, 0.3) is 10.8 Å². The molecule has 3 heterocycles. The van der Waals surface area contributed by atoms with Crippen LogP contribution in [0.15, 0.2) is 11.6 Å². The summed E-state index contributed by atoms with van der Waals surface area (Å²) in [6.07, 6.45) is 1.92. The topological polar surface area (TPSA) is 55.4 Å². The first kappa shape index (κ1) is 11.4. The van der Waals surface area contributed by atoms with Gasteiger partial charge in [0.15, 0.2) is 10.8 Å². The molecule has 0 aliphatic carbocycles. The molecular weight excluding hydrogens is 248 g/mol. The zero-order valence-electron chi connectivity index (χ0n) is 10.5. The van der Waals surface area contributed by atoms with Crippen LogP contribution in [0.3, 0.4) is 0 Å². The third kappa shape index (κ3) is 1.42. The summed E-state index contributed by atoms with van der Waals surface area (Å²) in [5, 5.41) is 16.0. The molecule has 0 aliphatic rings. The molecule has 0 bridgehead atoms. The first-order chi connectivity index (χ1) is 8.63. The van der Waals surface area contributed by atoms with Gasteiger partial charge in [0.25, 0.3) is 0 Å². The zero-order chi connectivity index (χ0) is 12.9. The summed E-state index contributed by atoms with van der Waals surface area (Å²) >= 11 is 1.55. The predicted octanol–water partition coefficient (Wildman–Crippen LogP) is 2.00. The molecule has 5 nitrogen and oxygen atoms in total. The van der Waals surface area contributed by atoms with Gasteiger partial charge in [0.1, 0.15) is 0 Å². The van der Waals surface area contributed by atoms with E-state index < -0.39 is 0 Å². The van der Waals surface area contributed by atoms with Crippen LogP contribution in [0.5, 0.6) is 0 Å². The Kier molecular flexibility index (Phi) is 2.49. The molecule has 18 heavy (non-hydrogen) atoms. The fraction of sp³-hybridized carbons (Fsp3) is 0.333. The fourth-order valence-electron chi connectivity index (χ4n) is 2.06. The highest BCUT2D eigenvalue weighted by Gasteiger charge is 2.18. The normalized spacial score (nSPS) is 11.6. The number of aliphatic hydroxyl groups excluding tert-OH is 1. The molecule has 0 fully saturated rings. The van der Waals surface area contributed by atoms with Crippen molar-refractivity contribution in [3.63, 3.8) is 0 Å². The monoisotopic (exact) mass is 262 g/mol. The molecule has 3 aromatic rings. The summed E-state index contributed by atoms with van der Waals surface area (Å²) < 4.78 is 3.72. The number of fused-ring (bicyclic) bond motifs is 1. The molecule has 94 valence electrons. The predicted molar refractivity (Wildman–Crippen MR) is 70.3 cm³/mol. The Morgan fingerprint density at radius 2 is 2.11 bits per heavy atom. The van der Waals surface area contributed by atoms with Gasteiger partial charge in [-0.2, -0.15) is 10.1 Å². The molecular formula is C12H14N4OS. The molecule has 0 aromatic carbocycles. The van der Waals surface area contributed by atoms with Gasteiger partial charge in [-0.25, -0.2) is 4.68 Å². The van der Waals surface area contributed by atoms with Gasteiger partial charge in [-0.1, -0.05) is 0 Å². The van der Waals surface area contributed by atoms with Crippen LogP contribution in [-0.2, 0) is 6.61 Å². The summed E-state index contributed by atoms with van der Waals surface area (Å²) in [6, 6.07) is 0. The van der Waals surface area contributed by atoms with Crippen LogP contribution in [0.1, 0.15) is 22.6 Å². The van der Waals surface area contributed by atoms with Crippen LogP contribution in [0.2, 0.25) is 0 Å². The Hall–Kier alpha value is -1.66. The SMILES string of the molecule is Cc1nn(-c2nc3sccn3c2CO)c(C)c1C. The highest BCUT2D eigenvalue weighted by molar-refractivity contribution is 7.15. The van der Waals surface area contributed by atoms with Crippen LogP contribution >= 0.6 is 11.3 Å². The lowest BCUT2D eigenvalue weighted by atomic mass is 10.2. The molecule has 1 N–H and O–H groups in total. The first-order valence-electron chi connectivity index (χ1n) is 5.72. The van der Waals surface area contributed by atoms with E-state index in [9.17, 15) is 5.11 Å². The number of aliphatic hydroxyl groups is 1. The van der Waals surface area contributed by atoms with E-state index in [1.165, 1.54) is 0 Å². The first-order valence-corrected chi connectivity index (χ1v) is 6.60. The molecule has 0 amide bonds. The van der Waals surface area contributed by atoms with Crippen molar-refractivity contribution in [1.82, 2.24) is 19.2 Å². The van der Waals surface area contributed by atoms with Crippen molar-refractivity contribution in [3.05, 3.63) is 34.2 Å². The third-order valence-corrected chi connectivity index (χ3v) is 4.10. The molecule has 0 radical (unpaired) electrons. The van der Waals surface area contributed by atoms with Crippen LogP contribution < -0.4 is 0 Å². The lowest BCUT2D eigenvalue weighted by molar-refractivity contribution is 0.275. The lowest BCUT2D eigenvalue weighted by Crippen LogP contribution is -2.04. The summed E-state index contributed by atoms with van der Waals surface area (Å²) in [5.41, 5.74) is 3.99. The van der Waals surface area contributed by atoms with Gasteiger partial charge < -0.3 is 5.11 Å². The second kappa shape index (κ2) is 3.93. The number of imidazole rings is 1. The van der Waals surface area contributed by atoms with Crippen molar-refractivity contribution in [2.24, 2.45) is 0 Å². The maximum absolute atomic E-state index is 9.55. The Balaban J connectivity index is 2.30. The second-order valence-corrected chi connectivity index (χ2v) is 5.18. The van der Waals surface area contributed by atoms with Crippen molar-refractivity contribution in [2.45, 2.75) is 27.4 Å². The van der Waals surface area contributed by atoms with Crippen LogP contribution in [-0.4, -0.2) is 24.3 Å². The van der Waals surface area contributed by atoms with E-state index in [0.717, 1.165) is 33.4 Å². The van der Waals surface area contributed by atoms with Crippen molar-refractivity contribution < 1.29 is 5.11 Å². The number of aryl methyl sites for hydroxylation is 1. The quantitative estimate of drug-likeness (QED) is 0.768. The minimum atomic E-state index is -0.0510. The molecule has 6 heteroatoms. The molecule has 0 atom stereocenters. The maximum atomic E-state index is 9.55. The van der Waals surface area contributed by atoms with Crippen LogP contribution in [0.4, 0.5) is 0 Å². The molecule has 0 unspecified atom stereocenters. The Labute approximate surface area is 108 Å². The number of thiazole rings is 1. The van der Waals surface area contributed by atoms with E-state index in [1.807, 2.05) is 41.4 Å². The average Bonchev–Trinajstić information content (AvgIpc) is 2.98. The minimum absolute atomic E-state index is 0.0510. The molecule has 0 saturated heterocycles. The largest absolute Gasteiger partial charge is 0.390 e. The van der Waals surface area contributed by atoms with Gasteiger partial charge in [-0.3, -0.25) is 4.40 Å². The highest BCUT2D eigenvalue weighted by atomic mass is 32.1. The zero-order valence-corrected chi connectivity index (χ0v) is 11.3. The van der Waals surface area contributed by atoms with E-state index >= 15 is 0 Å². The van der Waals surface area contributed by atoms with E-state index in [-0.39, 0.29) is 6.61 Å². The van der Waals surface area contributed by atoms with E-state index in [0.29, 0.717) is 0 Å². The van der Waals surface area contributed by atoms with Gasteiger partial charge in [0.05, 0.1) is 18.0 Å². The third-order valence-electron chi connectivity index (χ3n) is 3.34. The van der Waals surface area contributed by atoms with Crippen molar-refractivity contribution in [1.29, 1.82) is 0 Å². The number of nitrogens with zero attached hydrogens (tertiary/aromatic N) is 4. The average molecular weight is 262 g/mol. The standard InChI is InChI=1S/C12H14N4OS/c1-7-8(2)14-16(9(7)3)11-10(6-17)15-4-5-18-12(15)13-11/h4-5,17H,6H2,1-3H3. The minimum Gasteiger partial charge on any atom is -0.390 e. The second-order valence-electron chi connectivity index (χ2n) is 4.30. The fourth-order valence-corrected chi connectivity index (χ4v) is 2.79. The van der Waals surface area contributed by atoms with Gasteiger partial charge in [0.2, 0.25) is 0 Å². The number of hydrogen-bond acceptors (Lipinski definition) is 4. The Morgan fingerprint density at radius 1 is 1.33 bits per heavy atom. The number of hydrogen-bond donors (Lipinski definition) is 1. The summed E-state index contributed by atoms with van der Waals surface area (Å²) in [6.45, 7) is 6.00. The summed E-state index contributed by atoms with van der Waals surface area (Å²) in [4.78, 5) is 5.43. The number of rotatable bonds is 2. The molecule has 3 aromatic heterocycles. The van der Waals surface area contributed by atoms with Crippen molar-refractivity contribution in [3.8, 4) is 5.82 Å². The Bertz CT molecular complexity index is 722. The van der Waals surface area contributed by atoms with Gasteiger partial charge in [-0.15, -0.1) is 11.3 Å². The van der Waals surface area contributed by atoms with E-state index in [1.54, 1.807) is 11.3 Å².